The molecule has 8 nitrogen and oxygen atoms in total. The number of pyridine rings is 1. The van der Waals surface area contributed by atoms with E-state index in [9.17, 15) is 4.79 Å². The monoisotopic (exact) mass is 508 g/mol. The Morgan fingerprint density at radius 2 is 2.00 bits per heavy atom. The number of hydrazone groups is 1. The molecule has 0 radical (unpaired) electrons. The smallest absolute Gasteiger partial charge is 0.314 e. The first kappa shape index (κ1) is 23.2. The van der Waals surface area contributed by atoms with Crippen LogP contribution < -0.4 is 15.2 Å². The maximum Gasteiger partial charge on any atom is 0.314 e. The number of amidine groups is 1. The van der Waals surface area contributed by atoms with Crippen LogP contribution in [0.3, 0.4) is 0 Å². The number of aryl methyl sites for hydroxylation is 1. The third-order valence-electron chi connectivity index (χ3n) is 5.82. The molecule has 0 bridgehead atoms. The average molecular weight is 509 g/mol. The van der Waals surface area contributed by atoms with Gasteiger partial charge in [0.25, 0.3) is 5.91 Å². The topological polar surface area (TPSA) is 74.5 Å². The first-order valence-electron chi connectivity index (χ1n) is 11.3. The fourth-order valence-electron chi connectivity index (χ4n) is 4.07. The van der Waals surface area contributed by atoms with Crippen molar-refractivity contribution in [2.24, 2.45) is 5.10 Å². The van der Waals surface area contributed by atoms with E-state index in [0.29, 0.717) is 35.4 Å². The number of aromatic nitrogens is 2. The summed E-state index contributed by atoms with van der Waals surface area (Å²) in [5, 5.41) is 13.3. The number of nitrogens with one attached hydrogen (secondary N) is 1. The predicted molar refractivity (Wildman–Crippen MR) is 141 cm³/mol. The van der Waals surface area contributed by atoms with Gasteiger partial charge in [-0.15, -0.1) is 16.4 Å². The summed E-state index contributed by atoms with van der Waals surface area (Å²) in [6, 6.07) is 16.2. The van der Waals surface area contributed by atoms with E-state index in [0.717, 1.165) is 35.0 Å². The number of fused-ring (bicyclic) bond motifs is 1. The number of hydrogen-bond acceptors (Lipinski definition) is 7. The SMILES string of the molecule is CCc1nc2ccc(Cl)cn2c1C(=O)NCc1ccc(N2CCN(c3cccs3)C(OC)=N2)cc1. The van der Waals surface area contributed by atoms with Crippen LogP contribution in [0.5, 0.6) is 0 Å². The lowest BCUT2D eigenvalue weighted by atomic mass is 10.2. The van der Waals surface area contributed by atoms with Crippen molar-refractivity contribution < 1.29 is 9.53 Å². The van der Waals surface area contributed by atoms with Crippen molar-refractivity contribution in [2.75, 3.05) is 30.1 Å². The van der Waals surface area contributed by atoms with E-state index < -0.39 is 0 Å². The van der Waals surface area contributed by atoms with E-state index in [2.05, 4.69) is 26.4 Å². The van der Waals surface area contributed by atoms with Gasteiger partial charge in [0, 0.05) is 19.3 Å². The highest BCUT2D eigenvalue weighted by atomic mass is 35.5. The number of hydrogen-bond donors (Lipinski definition) is 1. The van der Waals surface area contributed by atoms with E-state index in [1.807, 2.05) is 53.7 Å². The van der Waals surface area contributed by atoms with E-state index >= 15 is 0 Å². The minimum absolute atomic E-state index is 0.181. The van der Waals surface area contributed by atoms with Crippen LogP contribution in [-0.2, 0) is 17.7 Å². The van der Waals surface area contributed by atoms with E-state index in [4.69, 9.17) is 16.3 Å². The number of anilines is 2. The molecule has 10 heteroatoms. The Hall–Kier alpha value is -3.56. The lowest BCUT2D eigenvalue weighted by Gasteiger charge is -2.32. The molecule has 180 valence electrons. The van der Waals surface area contributed by atoms with E-state index in [1.165, 1.54) is 0 Å². The van der Waals surface area contributed by atoms with Gasteiger partial charge in [0.1, 0.15) is 11.3 Å². The van der Waals surface area contributed by atoms with Gasteiger partial charge in [0.05, 0.1) is 35.1 Å². The molecule has 0 fully saturated rings. The molecule has 35 heavy (non-hydrogen) atoms. The first-order chi connectivity index (χ1) is 17.1. The fourth-order valence-corrected chi connectivity index (χ4v) is 4.98. The molecule has 1 aliphatic rings. The highest BCUT2D eigenvalue weighted by molar-refractivity contribution is 7.14. The van der Waals surface area contributed by atoms with Crippen LogP contribution in [0.15, 0.2) is 65.2 Å². The van der Waals surface area contributed by atoms with E-state index in [1.54, 1.807) is 35.1 Å². The van der Waals surface area contributed by atoms with Crippen molar-refractivity contribution in [3.05, 3.63) is 82.1 Å². The normalized spacial score (nSPS) is 13.7. The van der Waals surface area contributed by atoms with Crippen LogP contribution in [-0.4, -0.2) is 41.5 Å². The Balaban J connectivity index is 1.27. The summed E-state index contributed by atoms with van der Waals surface area (Å²) in [5.74, 6) is -0.181. The summed E-state index contributed by atoms with van der Waals surface area (Å²) in [6.45, 7) is 3.89. The molecule has 0 unspecified atom stereocenters. The third kappa shape index (κ3) is 4.69. The van der Waals surface area contributed by atoms with Crippen molar-refractivity contribution >= 4 is 51.2 Å². The molecular weight excluding hydrogens is 484 g/mol. The largest absolute Gasteiger partial charge is 0.467 e. The zero-order chi connectivity index (χ0) is 24.4. The number of carbonyl (C=O) groups excluding carboxylic acids is 1. The van der Waals surface area contributed by atoms with Gasteiger partial charge in [-0.2, -0.15) is 0 Å². The van der Waals surface area contributed by atoms with Crippen LogP contribution in [0.4, 0.5) is 10.7 Å². The zero-order valence-electron chi connectivity index (χ0n) is 19.4. The maximum atomic E-state index is 13.0. The molecule has 0 saturated carbocycles. The van der Waals surface area contributed by atoms with Crippen molar-refractivity contribution in [2.45, 2.75) is 19.9 Å². The quantitative estimate of drug-likeness (QED) is 0.405. The number of amides is 1. The highest BCUT2D eigenvalue weighted by Crippen LogP contribution is 2.26. The summed E-state index contributed by atoms with van der Waals surface area (Å²) in [7, 11) is 1.64. The Kier molecular flexibility index (Phi) is 6.61. The molecule has 4 aromatic rings. The lowest BCUT2D eigenvalue weighted by molar-refractivity contribution is 0.0944. The van der Waals surface area contributed by atoms with Gasteiger partial charge in [-0.25, -0.2) is 4.98 Å². The number of halogens is 1. The predicted octanol–water partition coefficient (Wildman–Crippen LogP) is 4.79. The minimum Gasteiger partial charge on any atom is -0.467 e. The molecular formula is C25H25ClN6O2S. The molecule has 1 aromatic carbocycles. The van der Waals surface area contributed by atoms with Gasteiger partial charge in [-0.3, -0.25) is 19.1 Å². The van der Waals surface area contributed by atoms with Gasteiger partial charge < -0.3 is 10.1 Å². The molecule has 1 aliphatic heterocycles. The number of imidazole rings is 1. The second kappa shape index (κ2) is 9.97. The minimum atomic E-state index is -0.181. The third-order valence-corrected chi connectivity index (χ3v) is 6.93. The van der Waals surface area contributed by atoms with Crippen molar-refractivity contribution in [1.29, 1.82) is 0 Å². The van der Waals surface area contributed by atoms with Gasteiger partial charge >= 0.3 is 6.02 Å². The summed E-state index contributed by atoms with van der Waals surface area (Å²) in [5.41, 5.74) is 3.92. The number of carbonyl (C=O) groups is 1. The fraction of sp³-hybridized carbons (Fsp3) is 0.240. The maximum absolute atomic E-state index is 13.0. The van der Waals surface area contributed by atoms with Crippen LogP contribution in [0.1, 0.15) is 28.7 Å². The first-order valence-corrected chi connectivity index (χ1v) is 12.6. The molecule has 0 atom stereocenters. The van der Waals surface area contributed by atoms with Crippen LogP contribution in [0, 0.1) is 0 Å². The van der Waals surface area contributed by atoms with Crippen molar-refractivity contribution in [1.82, 2.24) is 14.7 Å². The van der Waals surface area contributed by atoms with Gasteiger partial charge in [-0.1, -0.05) is 30.7 Å². The molecule has 0 saturated heterocycles. The highest BCUT2D eigenvalue weighted by Gasteiger charge is 2.23. The lowest BCUT2D eigenvalue weighted by Crippen LogP contribution is -2.44. The van der Waals surface area contributed by atoms with Crippen LogP contribution >= 0.6 is 22.9 Å². The number of nitrogens with zero attached hydrogens (tertiary/aromatic N) is 5. The molecule has 0 spiro atoms. The Morgan fingerprint density at radius 3 is 2.71 bits per heavy atom. The number of methoxy groups -OCH3 is 1. The molecule has 4 heterocycles. The van der Waals surface area contributed by atoms with Crippen molar-refractivity contribution in [3.8, 4) is 0 Å². The molecule has 0 aliphatic carbocycles. The molecule has 5 rings (SSSR count). The standard InChI is InChI=1S/C25H25ClN6O2S/c1-3-20-23(31-16-18(26)8-11-21(31)28-20)24(33)27-15-17-6-9-19(10-7-17)32-13-12-30(25(29-32)34-2)22-5-4-14-35-22/h4-11,14,16H,3,12-13,15H2,1-2H3,(H,27,33). The van der Waals surface area contributed by atoms with Crippen molar-refractivity contribution in [3.63, 3.8) is 0 Å². The molecule has 1 amide bonds. The van der Waals surface area contributed by atoms with Gasteiger partial charge in [0.15, 0.2) is 0 Å². The van der Waals surface area contributed by atoms with Gasteiger partial charge in [0.2, 0.25) is 0 Å². The second-order valence-electron chi connectivity index (χ2n) is 8.00. The van der Waals surface area contributed by atoms with E-state index in [-0.39, 0.29) is 5.91 Å². The average Bonchev–Trinajstić information content (AvgIpc) is 3.55. The summed E-state index contributed by atoms with van der Waals surface area (Å²) >= 11 is 7.81. The Bertz CT molecular complexity index is 1370. The number of benzene rings is 1. The molecule has 3 aromatic heterocycles. The second-order valence-corrected chi connectivity index (χ2v) is 9.36. The molecule has 1 N–H and O–H groups in total. The number of thiophene rings is 1. The number of rotatable bonds is 6. The summed E-state index contributed by atoms with van der Waals surface area (Å²) < 4.78 is 7.29. The Morgan fingerprint density at radius 1 is 1.17 bits per heavy atom. The van der Waals surface area contributed by atoms with Gasteiger partial charge in [-0.05, 0) is 53.8 Å². The summed E-state index contributed by atoms with van der Waals surface area (Å²) in [6.07, 6.45) is 2.38. The number of ether oxygens (including phenoxy) is 1. The van der Waals surface area contributed by atoms with Crippen LogP contribution in [0.2, 0.25) is 5.02 Å². The zero-order valence-corrected chi connectivity index (χ0v) is 21.0. The van der Waals surface area contributed by atoms with Crippen LogP contribution in [0.25, 0.3) is 5.65 Å². The Labute approximate surface area is 212 Å². The summed E-state index contributed by atoms with van der Waals surface area (Å²) in [4.78, 5) is 19.7.